The van der Waals surface area contributed by atoms with Crippen molar-refractivity contribution in [2.45, 2.75) is 20.0 Å². The number of fused-ring (bicyclic) bond motifs is 1. The van der Waals surface area contributed by atoms with Crippen molar-refractivity contribution >= 4 is 34.0 Å². The van der Waals surface area contributed by atoms with E-state index in [-0.39, 0.29) is 17.7 Å². The molecule has 8 nitrogen and oxygen atoms in total. The van der Waals surface area contributed by atoms with Gasteiger partial charge in [-0.25, -0.2) is 9.37 Å². The van der Waals surface area contributed by atoms with Gasteiger partial charge in [0.2, 0.25) is 4.96 Å². The molecule has 4 aromatic rings. The highest BCUT2D eigenvalue weighted by Crippen LogP contribution is 2.18. The van der Waals surface area contributed by atoms with E-state index in [0.29, 0.717) is 27.7 Å². The van der Waals surface area contributed by atoms with Gasteiger partial charge in [-0.1, -0.05) is 30.4 Å². The van der Waals surface area contributed by atoms with Gasteiger partial charge in [-0.15, -0.1) is 0 Å². The Kier molecular flexibility index (Phi) is 6.75. The number of nitrogens with one attached hydrogen (secondary N) is 1. The Bertz CT molecular complexity index is 1470. The average molecular weight is 476 g/mol. The molecule has 0 spiro atoms. The lowest BCUT2D eigenvalue weighted by molar-refractivity contribution is -0.112. The molecular formula is C24H18FN5O3S. The molecule has 0 atom stereocenters. The van der Waals surface area contributed by atoms with Crippen LogP contribution in [0.4, 0.5) is 10.1 Å². The molecule has 0 saturated heterocycles. The Morgan fingerprint density at radius 2 is 1.97 bits per heavy atom. The van der Waals surface area contributed by atoms with Gasteiger partial charge in [0.1, 0.15) is 34.8 Å². The number of ether oxygens (including phenoxy) is 1. The second-order valence-electron chi connectivity index (χ2n) is 7.12. The number of aryl methyl sites for hydroxylation is 1. The fourth-order valence-corrected chi connectivity index (χ4v) is 3.83. The second-order valence-corrected chi connectivity index (χ2v) is 8.16. The molecule has 0 fully saturated rings. The van der Waals surface area contributed by atoms with Crippen molar-refractivity contribution < 1.29 is 13.9 Å². The second kappa shape index (κ2) is 10.1. The smallest absolute Gasteiger partial charge is 0.275 e. The number of nitriles is 1. The van der Waals surface area contributed by atoms with Crippen molar-refractivity contribution in [3.8, 4) is 11.8 Å². The normalized spacial score (nSPS) is 11.3. The summed E-state index contributed by atoms with van der Waals surface area (Å²) in [5.74, 6) is -0.488. The van der Waals surface area contributed by atoms with Crippen LogP contribution in [0.15, 0.2) is 65.0 Å². The van der Waals surface area contributed by atoms with Crippen LogP contribution in [0.25, 0.3) is 11.0 Å². The SMILES string of the molecule is CCc1nn2c(=O)cc(COc3ccc(C=C(C#N)C(=O)Nc4ccc(F)cc4)cc3)nc2s1. The number of rotatable bonds is 7. The Balaban J connectivity index is 1.42. The summed E-state index contributed by atoms with van der Waals surface area (Å²) >= 11 is 1.36. The van der Waals surface area contributed by atoms with Gasteiger partial charge in [0, 0.05) is 11.8 Å². The summed E-state index contributed by atoms with van der Waals surface area (Å²) in [7, 11) is 0. The first kappa shape index (κ1) is 22.8. The standard InChI is InChI=1S/C24H18FN5O3S/c1-2-21-29-30-22(31)12-19(28-24(30)34-21)14-33-20-9-3-15(4-10-20)11-16(13-26)23(32)27-18-7-5-17(25)6-8-18/h3-12H,2,14H2,1H3,(H,27,32). The maximum absolute atomic E-state index is 13.0. The maximum atomic E-state index is 13.0. The Labute approximate surface area is 197 Å². The molecule has 0 aliphatic heterocycles. The van der Waals surface area contributed by atoms with Crippen LogP contribution in [0, 0.1) is 17.1 Å². The number of carbonyl (C=O) groups excluding carboxylic acids is 1. The molecule has 0 aliphatic carbocycles. The predicted molar refractivity (Wildman–Crippen MR) is 126 cm³/mol. The van der Waals surface area contributed by atoms with Gasteiger partial charge in [-0.2, -0.15) is 14.9 Å². The number of nitrogens with zero attached hydrogens (tertiary/aromatic N) is 4. The van der Waals surface area contributed by atoms with Crippen LogP contribution in [0.2, 0.25) is 0 Å². The molecule has 0 bridgehead atoms. The zero-order chi connectivity index (χ0) is 24.1. The number of anilines is 1. The molecule has 170 valence electrons. The molecule has 34 heavy (non-hydrogen) atoms. The van der Waals surface area contributed by atoms with Gasteiger partial charge in [0.05, 0.1) is 5.69 Å². The molecule has 0 unspecified atom stereocenters. The summed E-state index contributed by atoms with van der Waals surface area (Å²) in [6, 6.07) is 15.3. The number of benzene rings is 2. The van der Waals surface area contributed by atoms with Gasteiger partial charge in [-0.05, 0) is 54.5 Å². The average Bonchev–Trinajstić information content (AvgIpc) is 3.27. The summed E-state index contributed by atoms with van der Waals surface area (Å²) in [6.45, 7) is 2.06. The molecule has 2 aromatic heterocycles. The third-order valence-electron chi connectivity index (χ3n) is 4.69. The highest BCUT2D eigenvalue weighted by molar-refractivity contribution is 7.16. The van der Waals surface area contributed by atoms with Crippen LogP contribution in [-0.4, -0.2) is 20.5 Å². The summed E-state index contributed by atoms with van der Waals surface area (Å²) < 4.78 is 20.0. The van der Waals surface area contributed by atoms with E-state index in [9.17, 15) is 19.2 Å². The first-order chi connectivity index (χ1) is 16.4. The van der Waals surface area contributed by atoms with Gasteiger partial charge in [0.15, 0.2) is 0 Å². The molecule has 0 radical (unpaired) electrons. The van der Waals surface area contributed by atoms with E-state index in [1.54, 1.807) is 24.3 Å². The molecule has 0 aliphatic rings. The van der Waals surface area contributed by atoms with Crippen molar-refractivity contribution in [1.29, 1.82) is 5.26 Å². The van der Waals surface area contributed by atoms with E-state index in [0.717, 1.165) is 11.4 Å². The molecule has 1 amide bonds. The summed E-state index contributed by atoms with van der Waals surface area (Å²) in [6.07, 6.45) is 2.16. The minimum absolute atomic E-state index is 0.101. The zero-order valence-electron chi connectivity index (χ0n) is 18.0. The molecule has 4 rings (SSSR count). The number of hydrogen-bond acceptors (Lipinski definition) is 7. The molecule has 0 saturated carbocycles. The van der Waals surface area contributed by atoms with Gasteiger partial charge in [-0.3, -0.25) is 9.59 Å². The van der Waals surface area contributed by atoms with Gasteiger partial charge < -0.3 is 10.1 Å². The molecule has 1 N–H and O–H groups in total. The number of aromatic nitrogens is 3. The minimum Gasteiger partial charge on any atom is -0.487 e. The van der Waals surface area contributed by atoms with Crippen molar-refractivity contribution in [1.82, 2.24) is 14.6 Å². The van der Waals surface area contributed by atoms with E-state index in [1.165, 1.54) is 52.3 Å². The van der Waals surface area contributed by atoms with E-state index >= 15 is 0 Å². The third kappa shape index (κ3) is 5.33. The first-order valence-corrected chi connectivity index (χ1v) is 11.1. The molecule has 10 heteroatoms. The predicted octanol–water partition coefficient (Wildman–Crippen LogP) is 3.98. The van der Waals surface area contributed by atoms with Crippen LogP contribution in [0.3, 0.4) is 0 Å². The van der Waals surface area contributed by atoms with Gasteiger partial charge in [0.25, 0.3) is 11.5 Å². The first-order valence-electron chi connectivity index (χ1n) is 10.3. The van der Waals surface area contributed by atoms with E-state index in [1.807, 2.05) is 13.0 Å². The van der Waals surface area contributed by atoms with E-state index < -0.39 is 11.7 Å². The molecule has 2 aromatic carbocycles. The van der Waals surface area contributed by atoms with Gasteiger partial charge >= 0.3 is 0 Å². The number of halogens is 1. The van der Waals surface area contributed by atoms with E-state index in [4.69, 9.17) is 4.74 Å². The van der Waals surface area contributed by atoms with Crippen LogP contribution in [-0.2, 0) is 17.8 Å². The lowest BCUT2D eigenvalue weighted by atomic mass is 10.1. The van der Waals surface area contributed by atoms with Crippen LogP contribution >= 0.6 is 11.3 Å². The molecule has 2 heterocycles. The largest absolute Gasteiger partial charge is 0.487 e. The van der Waals surface area contributed by atoms with Crippen LogP contribution < -0.4 is 15.6 Å². The number of hydrogen-bond donors (Lipinski definition) is 1. The lowest BCUT2D eigenvalue weighted by Crippen LogP contribution is -2.16. The quantitative estimate of drug-likeness (QED) is 0.320. The number of carbonyl (C=O) groups is 1. The number of amides is 1. The van der Waals surface area contributed by atoms with Crippen molar-refractivity contribution in [2.24, 2.45) is 0 Å². The topological polar surface area (TPSA) is 109 Å². The summed E-state index contributed by atoms with van der Waals surface area (Å²) in [4.78, 5) is 29.5. The van der Waals surface area contributed by atoms with E-state index in [2.05, 4.69) is 15.4 Å². The Morgan fingerprint density at radius 1 is 1.24 bits per heavy atom. The zero-order valence-corrected chi connectivity index (χ0v) is 18.8. The highest BCUT2D eigenvalue weighted by atomic mass is 32.1. The summed E-state index contributed by atoms with van der Waals surface area (Å²) in [5, 5.41) is 17.0. The van der Waals surface area contributed by atoms with Crippen molar-refractivity contribution in [2.75, 3.05) is 5.32 Å². The monoisotopic (exact) mass is 475 g/mol. The Morgan fingerprint density at radius 3 is 2.65 bits per heavy atom. The third-order valence-corrected chi connectivity index (χ3v) is 5.74. The van der Waals surface area contributed by atoms with Crippen LogP contribution in [0.5, 0.6) is 5.75 Å². The maximum Gasteiger partial charge on any atom is 0.275 e. The highest BCUT2D eigenvalue weighted by Gasteiger charge is 2.11. The minimum atomic E-state index is -0.600. The Hall–Kier alpha value is -4.36. The fourth-order valence-electron chi connectivity index (χ4n) is 2.98. The molecular weight excluding hydrogens is 457 g/mol. The summed E-state index contributed by atoms with van der Waals surface area (Å²) in [5.41, 5.74) is 1.12. The van der Waals surface area contributed by atoms with Crippen molar-refractivity contribution in [3.05, 3.63) is 92.6 Å². The van der Waals surface area contributed by atoms with Crippen LogP contribution in [0.1, 0.15) is 23.2 Å². The lowest BCUT2D eigenvalue weighted by Gasteiger charge is -2.06. The fraction of sp³-hybridized carbons (Fsp3) is 0.125. The van der Waals surface area contributed by atoms with Crippen molar-refractivity contribution in [3.63, 3.8) is 0 Å².